The van der Waals surface area contributed by atoms with Crippen molar-refractivity contribution in [3.05, 3.63) is 172 Å². The molecule has 0 radical (unpaired) electrons. The van der Waals surface area contributed by atoms with Crippen molar-refractivity contribution < 1.29 is 10.2 Å². The number of aliphatic hydroxyl groups excluding tert-OH is 2. The molecule has 0 saturated heterocycles. The zero-order valence-corrected chi connectivity index (χ0v) is 27.5. The third kappa shape index (κ3) is 4.89. The molecular formula is C43H40O2S. The van der Waals surface area contributed by atoms with Gasteiger partial charge in [-0.3, -0.25) is 0 Å². The normalized spacial score (nSPS) is 22.2. The molecule has 3 heteroatoms. The largest absolute Gasteiger partial charge is 0.507 e. The Bertz CT molecular complexity index is 2020. The van der Waals surface area contributed by atoms with Crippen LogP contribution in [-0.4, -0.2) is 15.5 Å². The fraction of sp³-hybridized carbons (Fsp3) is 0.209. The Morgan fingerprint density at radius 3 is 2.33 bits per heavy atom. The first-order valence-electron chi connectivity index (χ1n) is 16.3. The molecular weight excluding hydrogens is 581 g/mol. The van der Waals surface area contributed by atoms with Gasteiger partial charge in [-0.1, -0.05) is 128 Å². The van der Waals surface area contributed by atoms with Crippen molar-refractivity contribution in [3.8, 4) is 0 Å². The number of fused-ring (bicyclic) bond motifs is 4. The second-order valence-corrected chi connectivity index (χ2v) is 13.8. The van der Waals surface area contributed by atoms with Crippen LogP contribution in [0.3, 0.4) is 0 Å². The van der Waals surface area contributed by atoms with Crippen LogP contribution in [-0.2, 0) is 6.42 Å². The number of rotatable bonds is 7. The minimum atomic E-state index is -0.230. The number of allylic oxidation sites excluding steroid dienone is 8. The molecule has 0 bridgehead atoms. The van der Waals surface area contributed by atoms with Crippen molar-refractivity contribution >= 4 is 34.2 Å². The molecule has 4 atom stereocenters. The second kappa shape index (κ2) is 12.4. The van der Waals surface area contributed by atoms with Gasteiger partial charge in [0.05, 0.1) is 5.25 Å². The zero-order chi connectivity index (χ0) is 31.9. The van der Waals surface area contributed by atoms with Crippen molar-refractivity contribution in [1.29, 1.82) is 0 Å². The molecule has 0 spiro atoms. The first-order valence-corrected chi connectivity index (χ1v) is 17.2. The summed E-state index contributed by atoms with van der Waals surface area (Å²) in [6.45, 7) is 10.6. The molecule has 1 heterocycles. The third-order valence-electron chi connectivity index (χ3n) is 10.2. The average molecular weight is 621 g/mol. The summed E-state index contributed by atoms with van der Waals surface area (Å²) in [6.07, 6.45) is 16.8. The van der Waals surface area contributed by atoms with E-state index in [0.717, 1.165) is 45.4 Å². The third-order valence-corrected chi connectivity index (χ3v) is 11.6. The maximum Gasteiger partial charge on any atom is 0.162 e. The van der Waals surface area contributed by atoms with E-state index in [1.807, 2.05) is 12.1 Å². The van der Waals surface area contributed by atoms with E-state index in [1.165, 1.54) is 33.2 Å². The Morgan fingerprint density at radius 2 is 1.54 bits per heavy atom. The molecule has 0 fully saturated rings. The Labute approximate surface area is 276 Å². The standard InChI is InChI=1S/C43H40O2S/c1-5-7-18-30-26(3)36(25-29-17-9-11-20-32(29)31-19-10-8-16-28(31)6-2)33-21-12-13-22-34(33)40(30)39-27(4)38-35-23-14-15-24-37(35)46-43(38)42(45)41(39)44/h5,7-24,28,31,38,43-45H,1,6,25H2,2-4H3/b18-7-. The van der Waals surface area contributed by atoms with Gasteiger partial charge in [-0.2, -0.15) is 0 Å². The molecule has 3 aliphatic rings. The Kier molecular flexibility index (Phi) is 8.13. The van der Waals surface area contributed by atoms with Crippen LogP contribution in [0.1, 0.15) is 71.0 Å². The lowest BCUT2D eigenvalue weighted by molar-refractivity contribution is 0.320. The van der Waals surface area contributed by atoms with Crippen LogP contribution in [0.5, 0.6) is 0 Å². The predicted molar refractivity (Wildman–Crippen MR) is 196 cm³/mol. The molecule has 2 N–H and O–H groups in total. The highest BCUT2D eigenvalue weighted by Gasteiger charge is 2.44. The van der Waals surface area contributed by atoms with Gasteiger partial charge in [0.15, 0.2) is 5.76 Å². The van der Waals surface area contributed by atoms with Gasteiger partial charge in [-0.25, -0.2) is 0 Å². The Balaban J connectivity index is 1.46. The highest BCUT2D eigenvalue weighted by molar-refractivity contribution is 8.00. The summed E-state index contributed by atoms with van der Waals surface area (Å²) in [5.41, 5.74) is 10.2. The summed E-state index contributed by atoms with van der Waals surface area (Å²) in [7, 11) is 0. The molecule has 0 aromatic heterocycles. The van der Waals surface area contributed by atoms with Crippen molar-refractivity contribution in [2.24, 2.45) is 5.92 Å². The van der Waals surface area contributed by atoms with Gasteiger partial charge in [0.2, 0.25) is 0 Å². The molecule has 4 aromatic rings. The molecule has 2 aliphatic carbocycles. The minimum absolute atomic E-state index is 0.0157. The van der Waals surface area contributed by atoms with Crippen LogP contribution >= 0.6 is 11.8 Å². The topological polar surface area (TPSA) is 40.5 Å². The van der Waals surface area contributed by atoms with Crippen LogP contribution in [0.15, 0.2) is 138 Å². The first kappa shape index (κ1) is 30.2. The van der Waals surface area contributed by atoms with Crippen LogP contribution < -0.4 is 0 Å². The summed E-state index contributed by atoms with van der Waals surface area (Å²) in [6, 6.07) is 25.8. The number of hydrogen-bond donors (Lipinski definition) is 2. The van der Waals surface area contributed by atoms with Gasteiger partial charge in [0.25, 0.3) is 0 Å². The summed E-state index contributed by atoms with van der Waals surface area (Å²) in [4.78, 5) is 1.16. The van der Waals surface area contributed by atoms with Gasteiger partial charge < -0.3 is 10.2 Å². The number of aliphatic hydroxyl groups is 2. The van der Waals surface area contributed by atoms with E-state index >= 15 is 0 Å². The molecule has 7 rings (SSSR count). The summed E-state index contributed by atoms with van der Waals surface area (Å²) < 4.78 is 0. The lowest BCUT2D eigenvalue weighted by atomic mass is 9.75. The van der Waals surface area contributed by atoms with Crippen molar-refractivity contribution in [2.45, 2.75) is 55.6 Å². The quantitative estimate of drug-likeness (QED) is 0.202. The van der Waals surface area contributed by atoms with Crippen LogP contribution in [0.2, 0.25) is 0 Å². The van der Waals surface area contributed by atoms with Crippen molar-refractivity contribution in [1.82, 2.24) is 0 Å². The maximum absolute atomic E-state index is 11.8. The number of thioether (sulfide) groups is 1. The molecule has 0 saturated carbocycles. The SMILES string of the molecule is C=C/C=C\c1c(C)c(Cc2ccccc2C2C=CC=CC2CC)c2ccccc2c1C1=C(C)C2c3ccccc3SC2C(O)=C1O. The first-order chi connectivity index (χ1) is 22.4. The highest BCUT2D eigenvalue weighted by Crippen LogP contribution is 2.57. The summed E-state index contributed by atoms with van der Waals surface area (Å²) >= 11 is 1.64. The number of hydrogen-bond acceptors (Lipinski definition) is 3. The van der Waals surface area contributed by atoms with E-state index in [1.54, 1.807) is 17.8 Å². The van der Waals surface area contributed by atoms with E-state index in [9.17, 15) is 10.2 Å². The zero-order valence-electron chi connectivity index (χ0n) is 26.7. The van der Waals surface area contributed by atoms with E-state index in [4.69, 9.17) is 0 Å². The van der Waals surface area contributed by atoms with Gasteiger partial charge in [-0.15, -0.1) is 11.8 Å². The number of benzene rings is 4. The minimum Gasteiger partial charge on any atom is -0.507 e. The molecule has 46 heavy (non-hydrogen) atoms. The van der Waals surface area contributed by atoms with Crippen molar-refractivity contribution in [2.75, 3.05) is 0 Å². The van der Waals surface area contributed by atoms with Crippen LogP contribution in [0, 0.1) is 12.8 Å². The molecule has 0 amide bonds. The fourth-order valence-electron chi connectivity index (χ4n) is 7.93. The second-order valence-electron chi connectivity index (χ2n) is 12.6. The lowest BCUT2D eigenvalue weighted by Gasteiger charge is -2.31. The Morgan fingerprint density at radius 1 is 0.848 bits per heavy atom. The predicted octanol–water partition coefficient (Wildman–Crippen LogP) is 11.5. The van der Waals surface area contributed by atoms with E-state index in [2.05, 4.69) is 124 Å². The molecule has 1 aliphatic heterocycles. The molecule has 4 aromatic carbocycles. The average Bonchev–Trinajstić information content (AvgIpc) is 3.49. The van der Waals surface area contributed by atoms with Gasteiger partial charge >= 0.3 is 0 Å². The van der Waals surface area contributed by atoms with Gasteiger partial charge in [0, 0.05) is 27.9 Å². The summed E-state index contributed by atoms with van der Waals surface area (Å²) in [5, 5.41) is 25.4. The highest BCUT2D eigenvalue weighted by atomic mass is 32.2. The summed E-state index contributed by atoms with van der Waals surface area (Å²) in [5.74, 6) is 0.849. The van der Waals surface area contributed by atoms with E-state index in [0.29, 0.717) is 11.8 Å². The van der Waals surface area contributed by atoms with Gasteiger partial charge in [0.1, 0.15) is 5.76 Å². The van der Waals surface area contributed by atoms with Crippen molar-refractivity contribution in [3.63, 3.8) is 0 Å². The molecule has 4 unspecified atom stereocenters. The Hall–Kier alpha value is -4.47. The van der Waals surface area contributed by atoms with Gasteiger partial charge in [-0.05, 0) is 82.8 Å². The maximum atomic E-state index is 11.8. The van der Waals surface area contributed by atoms with Crippen LogP contribution in [0.4, 0.5) is 0 Å². The lowest BCUT2D eigenvalue weighted by Crippen LogP contribution is -2.23. The fourth-order valence-corrected chi connectivity index (χ4v) is 9.40. The van der Waals surface area contributed by atoms with E-state index < -0.39 is 0 Å². The van der Waals surface area contributed by atoms with E-state index in [-0.39, 0.29) is 22.7 Å². The monoisotopic (exact) mass is 620 g/mol. The molecule has 2 nitrogen and oxygen atoms in total. The molecule has 230 valence electrons. The van der Waals surface area contributed by atoms with Crippen LogP contribution in [0.25, 0.3) is 22.4 Å². The smallest absolute Gasteiger partial charge is 0.162 e.